The van der Waals surface area contributed by atoms with E-state index in [2.05, 4.69) is 31.9 Å². The maximum absolute atomic E-state index is 13.7. The van der Waals surface area contributed by atoms with E-state index in [1.165, 1.54) is 4.90 Å². The highest BCUT2D eigenvalue weighted by Crippen LogP contribution is 2.24. The third-order valence-electron chi connectivity index (χ3n) is 3.01. The third kappa shape index (κ3) is 2.74. The van der Waals surface area contributed by atoms with E-state index in [1.807, 2.05) is 0 Å². The molecule has 0 bridgehead atoms. The lowest BCUT2D eigenvalue weighted by Gasteiger charge is -2.17. The quantitative estimate of drug-likeness (QED) is 0.716. The zero-order valence-corrected chi connectivity index (χ0v) is 12.6. The molecule has 0 N–H and O–H groups in total. The summed E-state index contributed by atoms with van der Waals surface area (Å²) in [5.41, 5.74) is -0.464. The fraction of sp³-hybridized carbons (Fsp3) is 0.417. The van der Waals surface area contributed by atoms with Gasteiger partial charge in [0.1, 0.15) is 17.2 Å². The van der Waals surface area contributed by atoms with Crippen molar-refractivity contribution in [3.63, 3.8) is 0 Å². The smallest absolute Gasteiger partial charge is 0.259 e. The van der Waals surface area contributed by atoms with Crippen molar-refractivity contribution in [2.75, 3.05) is 18.4 Å². The molecule has 6 heteroatoms. The maximum atomic E-state index is 13.7. The average molecular weight is 383 g/mol. The first kappa shape index (κ1) is 13.9. The van der Waals surface area contributed by atoms with E-state index in [-0.39, 0.29) is 4.47 Å². The summed E-state index contributed by atoms with van der Waals surface area (Å²) in [6.07, 6.45) is 0.858. The van der Waals surface area contributed by atoms with E-state index >= 15 is 0 Å². The van der Waals surface area contributed by atoms with E-state index in [0.717, 1.165) is 23.9 Å². The highest BCUT2D eigenvalue weighted by molar-refractivity contribution is 9.10. The van der Waals surface area contributed by atoms with Crippen molar-refractivity contribution in [3.8, 4) is 0 Å². The number of hydrogen-bond donors (Lipinski definition) is 0. The molecule has 1 aromatic carbocycles. The maximum Gasteiger partial charge on any atom is 0.259 e. The summed E-state index contributed by atoms with van der Waals surface area (Å²) in [6, 6.07) is 2.21. The number of benzene rings is 1. The first-order valence-electron chi connectivity index (χ1n) is 5.52. The SMILES string of the molecule is O=C(c1c(F)cc(Br)cc1F)N1CCC(CBr)C1. The molecular formula is C12H11Br2F2NO. The second kappa shape index (κ2) is 5.65. The van der Waals surface area contributed by atoms with E-state index in [4.69, 9.17) is 0 Å². The number of alkyl halides is 1. The molecular weight excluding hydrogens is 372 g/mol. The Bertz CT molecular complexity index is 458. The lowest BCUT2D eigenvalue weighted by molar-refractivity contribution is 0.0778. The van der Waals surface area contributed by atoms with Crippen LogP contribution in [0.15, 0.2) is 16.6 Å². The Morgan fingerprint density at radius 3 is 2.50 bits per heavy atom. The van der Waals surface area contributed by atoms with Gasteiger partial charge in [-0.05, 0) is 24.5 Å². The van der Waals surface area contributed by atoms with Crippen LogP contribution in [0.25, 0.3) is 0 Å². The van der Waals surface area contributed by atoms with Crippen LogP contribution in [-0.4, -0.2) is 29.2 Å². The second-order valence-corrected chi connectivity index (χ2v) is 5.87. The van der Waals surface area contributed by atoms with Gasteiger partial charge in [0.25, 0.3) is 5.91 Å². The Kier molecular flexibility index (Phi) is 4.37. The van der Waals surface area contributed by atoms with Gasteiger partial charge < -0.3 is 4.90 Å². The lowest BCUT2D eigenvalue weighted by atomic mass is 10.1. The standard InChI is InChI=1S/C12H11Br2F2NO/c13-5-7-1-2-17(6-7)12(18)11-9(15)3-8(14)4-10(11)16/h3-4,7H,1-2,5-6H2. The van der Waals surface area contributed by atoms with Gasteiger partial charge in [-0.2, -0.15) is 0 Å². The van der Waals surface area contributed by atoms with Gasteiger partial charge in [0.2, 0.25) is 0 Å². The molecule has 1 saturated heterocycles. The fourth-order valence-corrected chi connectivity index (χ4v) is 2.98. The summed E-state index contributed by atoms with van der Waals surface area (Å²) in [4.78, 5) is 13.6. The first-order chi connectivity index (χ1) is 8.52. The van der Waals surface area contributed by atoms with E-state index in [1.54, 1.807) is 0 Å². The minimum atomic E-state index is -0.825. The van der Waals surface area contributed by atoms with Gasteiger partial charge in [0.15, 0.2) is 0 Å². The van der Waals surface area contributed by atoms with Crippen LogP contribution in [0.2, 0.25) is 0 Å². The summed E-state index contributed by atoms with van der Waals surface area (Å²) >= 11 is 6.34. The highest BCUT2D eigenvalue weighted by Gasteiger charge is 2.29. The van der Waals surface area contributed by atoms with Crippen molar-refractivity contribution < 1.29 is 13.6 Å². The zero-order valence-electron chi connectivity index (χ0n) is 9.43. The molecule has 98 valence electrons. The van der Waals surface area contributed by atoms with Crippen molar-refractivity contribution >= 4 is 37.8 Å². The topological polar surface area (TPSA) is 20.3 Å². The molecule has 0 aromatic heterocycles. The van der Waals surface area contributed by atoms with Gasteiger partial charge in [0, 0.05) is 22.9 Å². The van der Waals surface area contributed by atoms with E-state index in [0.29, 0.717) is 19.0 Å². The minimum Gasteiger partial charge on any atom is -0.338 e. The predicted octanol–water partition coefficient (Wildman–Crippen LogP) is 3.58. The van der Waals surface area contributed by atoms with E-state index < -0.39 is 23.1 Å². The second-order valence-electron chi connectivity index (χ2n) is 4.30. The van der Waals surface area contributed by atoms with Gasteiger partial charge in [0.05, 0.1) is 0 Å². The molecule has 1 atom stereocenters. The number of likely N-dealkylation sites (tertiary alicyclic amines) is 1. The zero-order chi connectivity index (χ0) is 13.3. The van der Waals surface area contributed by atoms with Crippen molar-refractivity contribution in [1.82, 2.24) is 4.90 Å². The number of halogens is 4. The molecule has 0 spiro atoms. The van der Waals surface area contributed by atoms with Crippen LogP contribution in [0.3, 0.4) is 0 Å². The largest absolute Gasteiger partial charge is 0.338 e. The lowest BCUT2D eigenvalue weighted by Crippen LogP contribution is -2.30. The van der Waals surface area contributed by atoms with Gasteiger partial charge in [-0.15, -0.1) is 0 Å². The molecule has 2 rings (SSSR count). The molecule has 1 aliphatic rings. The summed E-state index contributed by atoms with van der Waals surface area (Å²) in [5.74, 6) is -1.86. The number of hydrogen-bond acceptors (Lipinski definition) is 1. The van der Waals surface area contributed by atoms with Crippen molar-refractivity contribution in [2.24, 2.45) is 5.92 Å². The Balaban J connectivity index is 2.25. The average Bonchev–Trinajstić information content (AvgIpc) is 2.75. The molecule has 18 heavy (non-hydrogen) atoms. The molecule has 0 aliphatic carbocycles. The number of rotatable bonds is 2. The molecule has 1 aliphatic heterocycles. The normalized spacial score (nSPS) is 19.3. The highest BCUT2D eigenvalue weighted by atomic mass is 79.9. The fourth-order valence-electron chi connectivity index (χ4n) is 2.05. The Morgan fingerprint density at radius 2 is 2.00 bits per heavy atom. The van der Waals surface area contributed by atoms with E-state index in [9.17, 15) is 13.6 Å². The van der Waals surface area contributed by atoms with Crippen molar-refractivity contribution in [2.45, 2.75) is 6.42 Å². The summed E-state index contributed by atoms with van der Waals surface area (Å²) < 4.78 is 27.6. The minimum absolute atomic E-state index is 0.286. The monoisotopic (exact) mass is 381 g/mol. The van der Waals surface area contributed by atoms with Gasteiger partial charge >= 0.3 is 0 Å². The third-order valence-corrected chi connectivity index (χ3v) is 4.39. The van der Waals surface area contributed by atoms with Crippen molar-refractivity contribution in [1.29, 1.82) is 0 Å². The van der Waals surface area contributed by atoms with Crippen LogP contribution >= 0.6 is 31.9 Å². The number of carbonyl (C=O) groups is 1. The summed E-state index contributed by atoms with van der Waals surface area (Å²) in [5, 5.41) is 0.794. The Labute approximate surface area is 121 Å². The van der Waals surface area contributed by atoms with Crippen LogP contribution in [0.4, 0.5) is 8.78 Å². The van der Waals surface area contributed by atoms with Crippen LogP contribution in [-0.2, 0) is 0 Å². The number of amides is 1. The predicted molar refractivity (Wildman–Crippen MR) is 71.9 cm³/mol. The Hall–Kier alpha value is -0.490. The van der Waals surface area contributed by atoms with Crippen molar-refractivity contribution in [3.05, 3.63) is 33.8 Å². The summed E-state index contributed by atoms with van der Waals surface area (Å²) in [6.45, 7) is 1.09. The number of nitrogens with zero attached hydrogens (tertiary/aromatic N) is 1. The molecule has 0 radical (unpaired) electrons. The van der Waals surface area contributed by atoms with Crippen LogP contribution in [0.1, 0.15) is 16.8 Å². The van der Waals surface area contributed by atoms with Gasteiger partial charge in [-0.25, -0.2) is 8.78 Å². The molecule has 0 saturated carbocycles. The molecule has 1 fully saturated rings. The molecule has 1 heterocycles. The van der Waals surface area contributed by atoms with Crippen LogP contribution < -0.4 is 0 Å². The molecule has 1 amide bonds. The number of carbonyl (C=O) groups excluding carboxylic acids is 1. The van der Waals surface area contributed by atoms with Crippen LogP contribution in [0.5, 0.6) is 0 Å². The first-order valence-corrected chi connectivity index (χ1v) is 7.44. The van der Waals surface area contributed by atoms with Gasteiger partial charge in [-0.1, -0.05) is 31.9 Å². The van der Waals surface area contributed by atoms with Gasteiger partial charge in [-0.3, -0.25) is 4.79 Å². The molecule has 2 nitrogen and oxygen atoms in total. The Morgan fingerprint density at radius 1 is 1.39 bits per heavy atom. The summed E-state index contributed by atoms with van der Waals surface area (Å²) in [7, 11) is 0. The van der Waals surface area contributed by atoms with Crippen LogP contribution in [0, 0.1) is 17.6 Å². The molecule has 1 unspecified atom stereocenters. The molecule has 1 aromatic rings.